The predicted octanol–water partition coefficient (Wildman–Crippen LogP) is -0.441. The van der Waals surface area contributed by atoms with Gasteiger partial charge in [-0.15, -0.1) is 0 Å². The number of hydrogen-bond acceptors (Lipinski definition) is 3. The molecule has 0 spiro atoms. The molecule has 2 atom stereocenters. The number of carboxylic acid groups (broad SMARTS) is 1. The van der Waals surface area contributed by atoms with Crippen molar-refractivity contribution in [2.75, 3.05) is 0 Å². The summed E-state index contributed by atoms with van der Waals surface area (Å²) in [6.45, 7) is 3.23. The molecule has 4 nitrogen and oxygen atoms in total. The highest BCUT2D eigenvalue weighted by Gasteiger charge is 2.31. The van der Waals surface area contributed by atoms with Crippen molar-refractivity contribution >= 4 is 5.97 Å². The molecule has 0 amide bonds. The van der Waals surface area contributed by atoms with E-state index in [9.17, 15) is 4.79 Å². The zero-order valence-corrected chi connectivity index (χ0v) is 6.16. The average Bonchev–Trinajstić information content (AvgIpc) is 1.86. The molecule has 0 saturated carbocycles. The first-order chi connectivity index (χ1) is 4.41. The number of hydrogen-bond donors (Lipinski definition) is 3. The third-order valence-corrected chi connectivity index (χ3v) is 1.62. The van der Waals surface area contributed by atoms with Gasteiger partial charge in [0.25, 0.3) is 0 Å². The Morgan fingerprint density at radius 2 is 2.20 bits per heavy atom. The van der Waals surface area contributed by atoms with Crippen molar-refractivity contribution in [3.63, 3.8) is 0 Å². The summed E-state index contributed by atoms with van der Waals surface area (Å²) in [6, 6.07) is 0. The molecule has 0 aliphatic heterocycles. The number of aliphatic hydroxyl groups is 1. The Bertz CT molecular complexity index is 133. The molecule has 0 rings (SSSR count). The first kappa shape index (κ1) is 9.39. The average molecular weight is 147 g/mol. The van der Waals surface area contributed by atoms with Gasteiger partial charge >= 0.3 is 5.97 Å². The van der Waals surface area contributed by atoms with Crippen LogP contribution in [0.1, 0.15) is 20.3 Å². The van der Waals surface area contributed by atoms with Crippen molar-refractivity contribution in [3.8, 4) is 0 Å². The molecule has 4 N–H and O–H groups in total. The number of nitrogens with two attached hydrogens (primary N) is 1. The van der Waals surface area contributed by atoms with Crippen LogP contribution in [-0.4, -0.2) is 27.8 Å². The molecule has 10 heavy (non-hydrogen) atoms. The smallest absolute Gasteiger partial charge is 0.334 e. The molecule has 2 unspecified atom stereocenters. The molecule has 0 saturated heterocycles. The fourth-order valence-corrected chi connectivity index (χ4v) is 0.475. The van der Waals surface area contributed by atoms with Crippen LogP contribution < -0.4 is 5.73 Å². The van der Waals surface area contributed by atoms with E-state index in [1.54, 1.807) is 6.92 Å². The van der Waals surface area contributed by atoms with Crippen LogP contribution in [0.5, 0.6) is 0 Å². The second-order valence-electron chi connectivity index (χ2n) is 2.60. The lowest BCUT2D eigenvalue weighted by Crippen LogP contribution is -2.51. The minimum Gasteiger partial charge on any atom is -0.479 e. The Morgan fingerprint density at radius 3 is 2.30 bits per heavy atom. The maximum Gasteiger partial charge on any atom is 0.334 e. The van der Waals surface area contributed by atoms with Gasteiger partial charge in [-0.2, -0.15) is 0 Å². The van der Waals surface area contributed by atoms with Crippen LogP contribution >= 0.6 is 0 Å². The van der Waals surface area contributed by atoms with Gasteiger partial charge in [0.1, 0.15) is 0 Å². The topological polar surface area (TPSA) is 83.5 Å². The Balaban J connectivity index is 4.17. The van der Waals surface area contributed by atoms with Crippen LogP contribution in [0.15, 0.2) is 0 Å². The maximum absolute atomic E-state index is 10.2. The molecule has 0 radical (unpaired) electrons. The Kier molecular flexibility index (Phi) is 2.80. The van der Waals surface area contributed by atoms with E-state index in [0.29, 0.717) is 6.42 Å². The second-order valence-corrected chi connectivity index (χ2v) is 2.60. The van der Waals surface area contributed by atoms with E-state index in [2.05, 4.69) is 0 Å². The molecule has 0 bridgehead atoms. The van der Waals surface area contributed by atoms with Crippen LogP contribution in [0, 0.1) is 0 Å². The summed E-state index contributed by atoms with van der Waals surface area (Å²) >= 11 is 0. The van der Waals surface area contributed by atoms with Gasteiger partial charge in [-0.25, -0.2) is 4.79 Å². The SMILES string of the molecule is CCC(C)(N)C(O)C(=O)O. The van der Waals surface area contributed by atoms with Gasteiger partial charge in [0, 0.05) is 5.54 Å². The molecule has 4 heteroatoms. The highest BCUT2D eigenvalue weighted by molar-refractivity contribution is 5.73. The minimum atomic E-state index is -1.47. The van der Waals surface area contributed by atoms with Gasteiger partial charge in [-0.3, -0.25) is 0 Å². The lowest BCUT2D eigenvalue weighted by atomic mass is 9.93. The summed E-state index contributed by atoms with van der Waals surface area (Å²) in [5.74, 6) is -1.27. The standard InChI is InChI=1S/C6H13NO3/c1-3-6(2,7)4(8)5(9)10/h4,8H,3,7H2,1-2H3,(H,9,10). The first-order valence-electron chi connectivity index (χ1n) is 3.11. The quantitative estimate of drug-likeness (QED) is 0.505. The molecule has 0 aromatic carbocycles. The van der Waals surface area contributed by atoms with E-state index in [0.717, 1.165) is 0 Å². The van der Waals surface area contributed by atoms with Crippen molar-refractivity contribution in [1.82, 2.24) is 0 Å². The van der Waals surface area contributed by atoms with Gasteiger partial charge in [-0.05, 0) is 13.3 Å². The molecule has 0 aromatic rings. The van der Waals surface area contributed by atoms with E-state index >= 15 is 0 Å². The first-order valence-corrected chi connectivity index (χ1v) is 3.11. The number of rotatable bonds is 3. The zero-order valence-electron chi connectivity index (χ0n) is 6.16. The summed E-state index contributed by atoms with van der Waals surface area (Å²) in [6.07, 6.45) is -1.04. The lowest BCUT2D eigenvalue weighted by molar-refractivity contribution is -0.150. The van der Waals surface area contributed by atoms with Gasteiger partial charge in [0.05, 0.1) is 0 Å². The Labute approximate surface area is 59.7 Å². The third-order valence-electron chi connectivity index (χ3n) is 1.62. The third kappa shape index (κ3) is 1.97. The highest BCUT2D eigenvalue weighted by Crippen LogP contribution is 2.10. The fourth-order valence-electron chi connectivity index (χ4n) is 0.475. The predicted molar refractivity (Wildman–Crippen MR) is 36.5 cm³/mol. The summed E-state index contributed by atoms with van der Waals surface area (Å²) in [5, 5.41) is 17.2. The van der Waals surface area contributed by atoms with Gasteiger partial charge < -0.3 is 15.9 Å². The molecular weight excluding hydrogens is 134 g/mol. The zero-order chi connectivity index (χ0) is 8.36. The summed E-state index contributed by atoms with van der Waals surface area (Å²) < 4.78 is 0. The van der Waals surface area contributed by atoms with Crippen LogP contribution in [-0.2, 0) is 4.79 Å². The molecule has 0 heterocycles. The van der Waals surface area contributed by atoms with Crippen molar-refractivity contribution in [2.45, 2.75) is 31.9 Å². The molecule has 60 valence electrons. The van der Waals surface area contributed by atoms with Crippen LogP contribution in [0.2, 0.25) is 0 Å². The van der Waals surface area contributed by atoms with E-state index in [-0.39, 0.29) is 0 Å². The van der Waals surface area contributed by atoms with E-state index in [1.807, 2.05) is 0 Å². The van der Waals surface area contributed by atoms with E-state index in [1.165, 1.54) is 6.92 Å². The maximum atomic E-state index is 10.2. The second kappa shape index (κ2) is 2.98. The molecule has 0 aromatic heterocycles. The van der Waals surface area contributed by atoms with E-state index in [4.69, 9.17) is 15.9 Å². The summed E-state index contributed by atoms with van der Waals surface area (Å²) in [5.41, 5.74) is 4.41. The van der Waals surface area contributed by atoms with Crippen LogP contribution in [0.3, 0.4) is 0 Å². The largest absolute Gasteiger partial charge is 0.479 e. The number of carbonyl (C=O) groups is 1. The van der Waals surface area contributed by atoms with Crippen LogP contribution in [0.25, 0.3) is 0 Å². The number of aliphatic carboxylic acids is 1. The van der Waals surface area contributed by atoms with Crippen LogP contribution in [0.4, 0.5) is 0 Å². The Hall–Kier alpha value is -0.610. The van der Waals surface area contributed by atoms with Crippen molar-refractivity contribution in [1.29, 1.82) is 0 Å². The molecular formula is C6H13NO3. The Morgan fingerprint density at radius 1 is 1.80 bits per heavy atom. The molecule has 0 fully saturated rings. The monoisotopic (exact) mass is 147 g/mol. The molecule has 0 aliphatic rings. The number of carboxylic acids is 1. The van der Waals surface area contributed by atoms with Crippen molar-refractivity contribution in [2.24, 2.45) is 5.73 Å². The fraction of sp³-hybridized carbons (Fsp3) is 0.833. The lowest BCUT2D eigenvalue weighted by Gasteiger charge is -2.25. The van der Waals surface area contributed by atoms with Gasteiger partial charge in [-0.1, -0.05) is 6.92 Å². The van der Waals surface area contributed by atoms with E-state index < -0.39 is 17.6 Å². The normalized spacial score (nSPS) is 19.6. The summed E-state index contributed by atoms with van der Waals surface area (Å²) in [4.78, 5) is 10.2. The van der Waals surface area contributed by atoms with Crippen molar-refractivity contribution < 1.29 is 15.0 Å². The minimum absolute atomic E-state index is 0.431. The van der Waals surface area contributed by atoms with Crippen molar-refractivity contribution in [3.05, 3.63) is 0 Å². The van der Waals surface area contributed by atoms with Gasteiger partial charge in [0.2, 0.25) is 0 Å². The number of aliphatic hydroxyl groups excluding tert-OH is 1. The molecule has 0 aliphatic carbocycles. The highest BCUT2D eigenvalue weighted by atomic mass is 16.4. The van der Waals surface area contributed by atoms with Gasteiger partial charge in [0.15, 0.2) is 6.10 Å². The summed E-state index contributed by atoms with van der Waals surface area (Å²) in [7, 11) is 0.